The molecule has 0 fully saturated rings. The van der Waals surface area contributed by atoms with Gasteiger partial charge in [0.05, 0.1) is 27.4 Å². The van der Waals surface area contributed by atoms with Crippen molar-refractivity contribution >= 4 is 22.1 Å². The van der Waals surface area contributed by atoms with Crippen LogP contribution in [0.3, 0.4) is 0 Å². The molecule has 0 saturated carbocycles. The number of rotatable bonds is 4. The van der Waals surface area contributed by atoms with Crippen molar-refractivity contribution in [1.82, 2.24) is 5.32 Å². The quantitative estimate of drug-likeness (QED) is 0.940. The number of methoxy groups -OCH3 is 1. The molecule has 2 aromatic rings. The van der Waals surface area contributed by atoms with Crippen molar-refractivity contribution in [2.24, 2.45) is 0 Å². The van der Waals surface area contributed by atoms with E-state index in [0.29, 0.717) is 0 Å². The largest absolute Gasteiger partial charge is 0.497 e. The van der Waals surface area contributed by atoms with Gasteiger partial charge in [0.1, 0.15) is 5.75 Å². The predicted molar refractivity (Wildman–Crippen MR) is 87.6 cm³/mol. The number of hydrogen-bond acceptors (Lipinski definition) is 4. The van der Waals surface area contributed by atoms with Crippen LogP contribution in [-0.4, -0.2) is 23.6 Å². The van der Waals surface area contributed by atoms with Crippen LogP contribution in [0.1, 0.15) is 23.6 Å². The van der Waals surface area contributed by atoms with E-state index >= 15 is 0 Å². The molecule has 5 heteroatoms. The molecule has 1 aliphatic carbocycles. The molecule has 3 unspecified atom stereocenters. The van der Waals surface area contributed by atoms with Crippen molar-refractivity contribution < 1.29 is 8.95 Å². The van der Waals surface area contributed by atoms with Gasteiger partial charge in [-0.2, -0.15) is 0 Å². The highest BCUT2D eigenvalue weighted by Crippen LogP contribution is 2.36. The molecular weight excluding hydrogens is 302 g/mol. The molecular formula is C16H19NO2S2. The van der Waals surface area contributed by atoms with Gasteiger partial charge in [-0.05, 0) is 54.6 Å². The summed E-state index contributed by atoms with van der Waals surface area (Å²) in [5.41, 5.74) is 2.55. The first kappa shape index (κ1) is 14.8. The molecule has 3 atom stereocenters. The maximum absolute atomic E-state index is 12.8. The summed E-state index contributed by atoms with van der Waals surface area (Å²) in [6.45, 7) is 0. The van der Waals surface area contributed by atoms with Crippen LogP contribution in [0.25, 0.3) is 0 Å². The second-order valence-electron chi connectivity index (χ2n) is 5.14. The molecule has 0 aliphatic heterocycles. The number of hydrogen-bond donors (Lipinski definition) is 1. The highest BCUT2D eigenvalue weighted by Gasteiger charge is 2.33. The third kappa shape index (κ3) is 2.78. The Bertz CT molecular complexity index is 640. The monoisotopic (exact) mass is 321 g/mol. The number of nitrogens with one attached hydrogen (secondary N) is 1. The number of ether oxygens (including phenoxy) is 1. The molecule has 0 bridgehead atoms. The lowest BCUT2D eigenvalue weighted by Crippen LogP contribution is -2.36. The van der Waals surface area contributed by atoms with E-state index in [1.807, 2.05) is 30.6 Å². The van der Waals surface area contributed by atoms with Crippen LogP contribution in [0.15, 0.2) is 39.9 Å². The van der Waals surface area contributed by atoms with Crippen LogP contribution in [0.5, 0.6) is 5.75 Å². The van der Waals surface area contributed by atoms with Gasteiger partial charge in [0, 0.05) is 6.04 Å². The fourth-order valence-corrected chi connectivity index (χ4v) is 5.73. The minimum atomic E-state index is -0.958. The van der Waals surface area contributed by atoms with Crippen molar-refractivity contribution in [3.63, 3.8) is 0 Å². The van der Waals surface area contributed by atoms with Gasteiger partial charge in [0.15, 0.2) is 0 Å². The maximum atomic E-state index is 12.8. The van der Waals surface area contributed by atoms with Gasteiger partial charge in [0.25, 0.3) is 0 Å². The van der Waals surface area contributed by atoms with Crippen LogP contribution < -0.4 is 10.1 Å². The van der Waals surface area contributed by atoms with Crippen molar-refractivity contribution in [3.8, 4) is 5.75 Å². The Balaban J connectivity index is 1.93. The minimum absolute atomic E-state index is 0.120. The lowest BCUT2D eigenvalue weighted by atomic mass is 9.87. The average molecular weight is 321 g/mol. The summed E-state index contributed by atoms with van der Waals surface area (Å²) < 4.78 is 19.1. The average Bonchev–Trinajstić information content (AvgIpc) is 3.06. The molecule has 21 heavy (non-hydrogen) atoms. The van der Waals surface area contributed by atoms with Crippen LogP contribution in [-0.2, 0) is 17.2 Å². The zero-order chi connectivity index (χ0) is 14.8. The Morgan fingerprint density at radius 3 is 2.90 bits per heavy atom. The third-order valence-electron chi connectivity index (χ3n) is 4.03. The number of fused-ring (bicyclic) bond motifs is 1. The number of aryl methyl sites for hydroxylation is 1. The topological polar surface area (TPSA) is 38.3 Å². The summed E-state index contributed by atoms with van der Waals surface area (Å²) in [4.78, 5) is 0. The summed E-state index contributed by atoms with van der Waals surface area (Å²) in [7, 11) is 2.68. The van der Waals surface area contributed by atoms with Gasteiger partial charge in [-0.3, -0.25) is 4.21 Å². The summed E-state index contributed by atoms with van der Waals surface area (Å²) in [6.07, 6.45) is 1.88. The fraction of sp³-hybridized carbons (Fsp3) is 0.375. The summed E-state index contributed by atoms with van der Waals surface area (Å²) in [6, 6.07) is 10.3. The molecule has 1 heterocycles. The van der Waals surface area contributed by atoms with E-state index in [0.717, 1.165) is 22.8 Å². The van der Waals surface area contributed by atoms with E-state index in [1.165, 1.54) is 11.1 Å². The Morgan fingerprint density at radius 1 is 1.38 bits per heavy atom. The zero-order valence-corrected chi connectivity index (χ0v) is 13.8. The highest BCUT2D eigenvalue weighted by atomic mass is 32.2. The molecule has 0 spiro atoms. The normalized spacial score (nSPS) is 22.6. The molecule has 1 N–H and O–H groups in total. The summed E-state index contributed by atoms with van der Waals surface area (Å²) in [5, 5.41) is 5.47. The first-order valence-electron chi connectivity index (χ1n) is 7.02. The molecule has 0 amide bonds. The van der Waals surface area contributed by atoms with Gasteiger partial charge in [-0.15, -0.1) is 11.3 Å². The number of thiophene rings is 1. The van der Waals surface area contributed by atoms with E-state index in [9.17, 15) is 4.21 Å². The molecule has 1 aromatic carbocycles. The number of benzene rings is 1. The van der Waals surface area contributed by atoms with E-state index < -0.39 is 10.8 Å². The summed E-state index contributed by atoms with van der Waals surface area (Å²) >= 11 is 1.58. The lowest BCUT2D eigenvalue weighted by Gasteiger charge is -2.32. The van der Waals surface area contributed by atoms with Gasteiger partial charge in [-0.25, -0.2) is 0 Å². The Morgan fingerprint density at radius 2 is 2.24 bits per heavy atom. The van der Waals surface area contributed by atoms with Crippen molar-refractivity contribution in [2.45, 2.75) is 28.3 Å². The van der Waals surface area contributed by atoms with E-state index in [1.54, 1.807) is 18.4 Å². The molecule has 3 nitrogen and oxygen atoms in total. The molecule has 3 rings (SSSR count). The Kier molecular flexibility index (Phi) is 4.42. The smallest absolute Gasteiger partial charge is 0.119 e. The van der Waals surface area contributed by atoms with Crippen LogP contribution >= 0.6 is 11.3 Å². The third-order valence-corrected chi connectivity index (χ3v) is 7.07. The van der Waals surface area contributed by atoms with E-state index in [2.05, 4.69) is 17.4 Å². The van der Waals surface area contributed by atoms with Crippen LogP contribution in [0.4, 0.5) is 0 Å². The van der Waals surface area contributed by atoms with Crippen molar-refractivity contribution in [1.29, 1.82) is 0 Å². The predicted octanol–water partition coefficient (Wildman–Crippen LogP) is 3.14. The van der Waals surface area contributed by atoms with Gasteiger partial charge in [-0.1, -0.05) is 12.1 Å². The van der Waals surface area contributed by atoms with E-state index in [-0.39, 0.29) is 11.3 Å². The second-order valence-corrected chi connectivity index (χ2v) is 7.98. The van der Waals surface area contributed by atoms with Crippen molar-refractivity contribution in [3.05, 3.63) is 46.8 Å². The first-order chi connectivity index (χ1) is 10.2. The Labute approximate surface area is 131 Å². The zero-order valence-electron chi connectivity index (χ0n) is 12.2. The highest BCUT2D eigenvalue weighted by molar-refractivity contribution is 7.88. The minimum Gasteiger partial charge on any atom is -0.497 e. The van der Waals surface area contributed by atoms with Gasteiger partial charge < -0.3 is 10.1 Å². The molecule has 112 valence electrons. The SMILES string of the molecule is CNC1c2ccc(OC)cc2CCC1S(=O)c1cccs1. The molecule has 1 aliphatic rings. The van der Waals surface area contributed by atoms with Gasteiger partial charge in [0.2, 0.25) is 0 Å². The first-order valence-corrected chi connectivity index (χ1v) is 9.12. The lowest BCUT2D eigenvalue weighted by molar-refractivity contribution is 0.412. The van der Waals surface area contributed by atoms with Crippen molar-refractivity contribution in [2.75, 3.05) is 14.2 Å². The molecule has 0 radical (unpaired) electrons. The molecule has 1 aromatic heterocycles. The fourth-order valence-electron chi connectivity index (χ4n) is 2.99. The standard InChI is InChI=1S/C16H19NO2S2/c1-17-16-13-7-6-12(19-2)10-11(13)5-8-14(16)21(18)15-4-3-9-20-15/h3-4,6-7,9-10,14,16-17H,5,8H2,1-2H3. The molecule has 0 saturated heterocycles. The Hall–Kier alpha value is -1.17. The van der Waals surface area contributed by atoms with E-state index in [4.69, 9.17) is 4.74 Å². The van der Waals surface area contributed by atoms with Crippen LogP contribution in [0, 0.1) is 0 Å². The summed E-state index contributed by atoms with van der Waals surface area (Å²) in [5.74, 6) is 0.890. The van der Waals surface area contributed by atoms with Gasteiger partial charge >= 0.3 is 0 Å². The van der Waals surface area contributed by atoms with Crippen LogP contribution in [0.2, 0.25) is 0 Å². The maximum Gasteiger partial charge on any atom is 0.119 e. The second kappa shape index (κ2) is 6.30.